The number of carbonyl (C=O) groups is 1. The highest BCUT2D eigenvalue weighted by molar-refractivity contribution is 7.89. The quantitative estimate of drug-likeness (QED) is 0.519. The fourth-order valence-electron chi connectivity index (χ4n) is 1.48. The molecule has 0 unspecified atom stereocenters. The number of nitrogens with one attached hydrogen (secondary N) is 1. The summed E-state index contributed by atoms with van der Waals surface area (Å²) in [6, 6.07) is 3.12. The number of amides is 1. The Labute approximate surface area is 111 Å². The van der Waals surface area contributed by atoms with Crippen molar-refractivity contribution in [3.63, 3.8) is 0 Å². The van der Waals surface area contributed by atoms with Crippen molar-refractivity contribution >= 4 is 21.6 Å². The van der Waals surface area contributed by atoms with Crippen LogP contribution in [0.5, 0.6) is 0 Å². The van der Waals surface area contributed by atoms with Crippen LogP contribution in [0.3, 0.4) is 0 Å². The van der Waals surface area contributed by atoms with E-state index < -0.39 is 22.0 Å². The Balaban J connectivity index is 3.12. The Morgan fingerprint density at radius 2 is 2.11 bits per heavy atom. The summed E-state index contributed by atoms with van der Waals surface area (Å²) in [7, 11) is -3.84. The zero-order valence-corrected chi connectivity index (χ0v) is 11.3. The normalized spacial score (nSPS) is 13.2. The van der Waals surface area contributed by atoms with Gasteiger partial charge in [0.05, 0.1) is 12.3 Å². The van der Waals surface area contributed by atoms with Crippen LogP contribution in [-0.4, -0.2) is 32.1 Å². The Kier molecular flexibility index (Phi) is 4.87. The second-order valence-corrected chi connectivity index (χ2v) is 5.71. The van der Waals surface area contributed by atoms with Crippen molar-refractivity contribution in [1.82, 2.24) is 4.72 Å². The number of aliphatic hydroxyl groups is 1. The number of anilines is 1. The Bertz CT molecular complexity index is 567. The summed E-state index contributed by atoms with van der Waals surface area (Å²) in [4.78, 5) is 10.8. The molecular weight excluding hydrogens is 270 g/mol. The number of carbonyl (C=O) groups excluding carboxylic acids is 1. The second-order valence-electron chi connectivity index (χ2n) is 4.03. The van der Waals surface area contributed by atoms with Crippen molar-refractivity contribution < 1.29 is 18.3 Å². The van der Waals surface area contributed by atoms with E-state index >= 15 is 0 Å². The van der Waals surface area contributed by atoms with Gasteiger partial charge in [0, 0.05) is 11.6 Å². The van der Waals surface area contributed by atoms with Crippen molar-refractivity contribution in [1.29, 1.82) is 0 Å². The molecule has 0 radical (unpaired) electrons. The molecule has 1 rings (SSSR count). The highest BCUT2D eigenvalue weighted by Gasteiger charge is 2.21. The van der Waals surface area contributed by atoms with Crippen LogP contribution in [0.1, 0.15) is 23.7 Å². The third-order valence-corrected chi connectivity index (χ3v) is 4.21. The number of hydrogen-bond acceptors (Lipinski definition) is 5. The van der Waals surface area contributed by atoms with E-state index in [1.807, 2.05) is 0 Å². The number of nitrogen functional groups attached to an aromatic ring is 1. The molecule has 0 aliphatic heterocycles. The molecule has 0 saturated carbocycles. The average Bonchev–Trinajstić information content (AvgIpc) is 2.35. The number of benzene rings is 1. The van der Waals surface area contributed by atoms with E-state index in [4.69, 9.17) is 16.6 Å². The molecule has 1 atom stereocenters. The van der Waals surface area contributed by atoms with Crippen LogP contribution in [0, 0.1) is 0 Å². The largest absolute Gasteiger partial charge is 0.398 e. The number of nitrogens with two attached hydrogens (primary N) is 2. The smallest absolute Gasteiger partial charge is 0.248 e. The molecule has 19 heavy (non-hydrogen) atoms. The molecule has 0 bridgehead atoms. The molecular formula is C11H17N3O4S. The van der Waals surface area contributed by atoms with Crippen LogP contribution in [0.25, 0.3) is 0 Å². The van der Waals surface area contributed by atoms with Crippen LogP contribution >= 0.6 is 0 Å². The molecule has 0 heterocycles. The van der Waals surface area contributed by atoms with Gasteiger partial charge in [0.2, 0.25) is 15.9 Å². The zero-order chi connectivity index (χ0) is 14.6. The van der Waals surface area contributed by atoms with E-state index in [-0.39, 0.29) is 22.8 Å². The van der Waals surface area contributed by atoms with Gasteiger partial charge in [-0.1, -0.05) is 6.92 Å². The maximum Gasteiger partial charge on any atom is 0.248 e. The van der Waals surface area contributed by atoms with Crippen LogP contribution in [0.4, 0.5) is 5.69 Å². The topological polar surface area (TPSA) is 136 Å². The summed E-state index contributed by atoms with van der Waals surface area (Å²) >= 11 is 0. The van der Waals surface area contributed by atoms with Crippen molar-refractivity contribution in [3.05, 3.63) is 23.8 Å². The van der Waals surface area contributed by atoms with Gasteiger partial charge < -0.3 is 16.6 Å². The fourth-order valence-corrected chi connectivity index (χ4v) is 2.90. The van der Waals surface area contributed by atoms with Crippen LogP contribution in [0.15, 0.2) is 23.1 Å². The van der Waals surface area contributed by atoms with Gasteiger partial charge in [0.15, 0.2) is 0 Å². The minimum absolute atomic E-state index is 0.0726. The molecule has 0 aliphatic rings. The first-order valence-electron chi connectivity index (χ1n) is 5.64. The molecule has 0 aliphatic carbocycles. The van der Waals surface area contributed by atoms with Crippen molar-refractivity contribution in [2.75, 3.05) is 12.3 Å². The molecule has 6 N–H and O–H groups in total. The van der Waals surface area contributed by atoms with Crippen LogP contribution in [-0.2, 0) is 10.0 Å². The lowest BCUT2D eigenvalue weighted by Gasteiger charge is -2.15. The van der Waals surface area contributed by atoms with E-state index in [0.717, 1.165) is 0 Å². The minimum atomic E-state index is -3.84. The van der Waals surface area contributed by atoms with Gasteiger partial charge in [-0.05, 0) is 24.6 Å². The third-order valence-electron chi connectivity index (χ3n) is 2.62. The predicted octanol–water partition coefficient (Wildman–Crippen LogP) is -0.583. The van der Waals surface area contributed by atoms with Gasteiger partial charge >= 0.3 is 0 Å². The summed E-state index contributed by atoms with van der Waals surface area (Å²) in [5.74, 6) is -0.689. The number of primary amides is 1. The van der Waals surface area contributed by atoms with Crippen molar-refractivity contribution in [2.45, 2.75) is 24.3 Å². The lowest BCUT2D eigenvalue weighted by atomic mass is 10.2. The first-order chi connectivity index (χ1) is 8.81. The molecule has 7 nitrogen and oxygen atoms in total. The Hall–Kier alpha value is -1.64. The molecule has 0 fully saturated rings. The standard InChI is InChI=1S/C11H17N3O4S/c1-2-8(6-15)14-19(17,18)10-4-3-7(11(13)16)5-9(10)12/h3-5,8,14-15H,2,6,12H2,1H3,(H2,13,16)/t8-/m1/s1. The average molecular weight is 287 g/mol. The van der Waals surface area contributed by atoms with E-state index in [9.17, 15) is 13.2 Å². The van der Waals surface area contributed by atoms with Crippen LogP contribution in [0.2, 0.25) is 0 Å². The molecule has 1 amide bonds. The molecule has 0 aromatic heterocycles. The summed E-state index contributed by atoms with van der Waals surface area (Å²) in [5, 5.41) is 9.00. The van der Waals surface area contributed by atoms with Crippen molar-refractivity contribution in [2.24, 2.45) is 5.73 Å². The van der Waals surface area contributed by atoms with Gasteiger partial charge in [-0.15, -0.1) is 0 Å². The maximum absolute atomic E-state index is 12.0. The highest BCUT2D eigenvalue weighted by atomic mass is 32.2. The number of aliphatic hydroxyl groups excluding tert-OH is 1. The fraction of sp³-hybridized carbons (Fsp3) is 0.364. The first-order valence-corrected chi connectivity index (χ1v) is 7.12. The summed E-state index contributed by atoms with van der Waals surface area (Å²) in [6.45, 7) is 1.43. The van der Waals surface area contributed by atoms with E-state index in [1.165, 1.54) is 18.2 Å². The predicted molar refractivity (Wildman–Crippen MR) is 70.9 cm³/mol. The monoisotopic (exact) mass is 287 g/mol. The minimum Gasteiger partial charge on any atom is -0.398 e. The molecule has 106 valence electrons. The number of hydrogen-bond donors (Lipinski definition) is 4. The Morgan fingerprint density at radius 3 is 2.53 bits per heavy atom. The first kappa shape index (κ1) is 15.4. The van der Waals surface area contributed by atoms with Gasteiger partial charge in [0.25, 0.3) is 0 Å². The number of rotatable bonds is 6. The molecule has 1 aromatic rings. The summed E-state index contributed by atoms with van der Waals surface area (Å²) < 4.78 is 26.4. The lowest BCUT2D eigenvalue weighted by Crippen LogP contribution is -2.37. The molecule has 0 saturated heterocycles. The van der Waals surface area contributed by atoms with E-state index in [2.05, 4.69) is 4.72 Å². The van der Waals surface area contributed by atoms with Gasteiger partial charge in [-0.25, -0.2) is 13.1 Å². The lowest BCUT2D eigenvalue weighted by molar-refractivity contribution is 0.1000. The van der Waals surface area contributed by atoms with Gasteiger partial charge in [-0.2, -0.15) is 0 Å². The molecule has 8 heteroatoms. The second kappa shape index (κ2) is 6.00. The summed E-state index contributed by atoms with van der Waals surface area (Å²) in [6.07, 6.45) is 0.439. The maximum atomic E-state index is 12.0. The molecule has 1 aromatic carbocycles. The van der Waals surface area contributed by atoms with Crippen molar-refractivity contribution in [3.8, 4) is 0 Å². The SMILES string of the molecule is CC[C@H](CO)NS(=O)(=O)c1ccc(C(N)=O)cc1N. The van der Waals surface area contributed by atoms with Crippen LogP contribution < -0.4 is 16.2 Å². The Morgan fingerprint density at radius 1 is 1.47 bits per heavy atom. The number of sulfonamides is 1. The van der Waals surface area contributed by atoms with E-state index in [0.29, 0.717) is 6.42 Å². The summed E-state index contributed by atoms with van der Waals surface area (Å²) in [5.41, 5.74) is 10.7. The molecule has 0 spiro atoms. The zero-order valence-electron chi connectivity index (χ0n) is 10.5. The third kappa shape index (κ3) is 3.66. The van der Waals surface area contributed by atoms with Gasteiger partial charge in [0.1, 0.15) is 4.90 Å². The highest BCUT2D eigenvalue weighted by Crippen LogP contribution is 2.20. The van der Waals surface area contributed by atoms with E-state index in [1.54, 1.807) is 6.92 Å². The van der Waals surface area contributed by atoms with Gasteiger partial charge in [-0.3, -0.25) is 4.79 Å².